The highest BCUT2D eigenvalue weighted by atomic mass is 16.5. The number of hydrogen-bond acceptors (Lipinski definition) is 5. The van der Waals surface area contributed by atoms with Gasteiger partial charge in [-0.1, -0.05) is 13.8 Å². The van der Waals surface area contributed by atoms with Crippen LogP contribution in [0.3, 0.4) is 0 Å². The van der Waals surface area contributed by atoms with Crippen molar-refractivity contribution in [2.24, 2.45) is 5.92 Å². The maximum absolute atomic E-state index is 12.6. The van der Waals surface area contributed by atoms with E-state index in [2.05, 4.69) is 18.8 Å². The fourth-order valence-corrected chi connectivity index (χ4v) is 2.32. The highest BCUT2D eigenvalue weighted by Gasteiger charge is 2.19. The molecule has 0 spiro atoms. The molecule has 0 saturated carbocycles. The van der Waals surface area contributed by atoms with Crippen LogP contribution in [0.15, 0.2) is 17.2 Å². The van der Waals surface area contributed by atoms with Gasteiger partial charge in [0.1, 0.15) is 5.52 Å². The van der Waals surface area contributed by atoms with Gasteiger partial charge in [0.25, 0.3) is 5.56 Å². The van der Waals surface area contributed by atoms with E-state index in [0.29, 0.717) is 40.6 Å². The summed E-state index contributed by atoms with van der Waals surface area (Å²) in [6, 6.07) is 1.65. The molecule has 0 amide bonds. The second kappa shape index (κ2) is 6.68. The predicted molar refractivity (Wildman–Crippen MR) is 85.1 cm³/mol. The van der Waals surface area contributed by atoms with Crippen molar-refractivity contribution in [3.05, 3.63) is 22.7 Å². The Bertz CT molecular complexity index is 722. The van der Waals surface area contributed by atoms with E-state index in [1.54, 1.807) is 17.0 Å². The van der Waals surface area contributed by atoms with Gasteiger partial charge in [0, 0.05) is 6.54 Å². The van der Waals surface area contributed by atoms with Gasteiger partial charge in [-0.25, -0.2) is 4.98 Å². The summed E-state index contributed by atoms with van der Waals surface area (Å²) < 4.78 is 17.6. The SMILES string of the molecule is COc1cc2c(=O)n(CCC(C)C)cnc2c(OC)c1OC. The van der Waals surface area contributed by atoms with Crippen molar-refractivity contribution < 1.29 is 14.2 Å². The monoisotopic (exact) mass is 306 g/mol. The number of methoxy groups -OCH3 is 3. The van der Waals surface area contributed by atoms with Crippen molar-refractivity contribution in [2.75, 3.05) is 21.3 Å². The number of hydrogen-bond donors (Lipinski definition) is 0. The molecule has 0 bridgehead atoms. The minimum absolute atomic E-state index is 0.107. The first-order valence-electron chi connectivity index (χ1n) is 7.21. The molecule has 0 atom stereocenters. The van der Waals surface area contributed by atoms with Crippen LogP contribution in [0.1, 0.15) is 20.3 Å². The van der Waals surface area contributed by atoms with Gasteiger partial charge in [-0.3, -0.25) is 9.36 Å². The maximum Gasteiger partial charge on any atom is 0.261 e. The molecular weight excluding hydrogens is 284 g/mol. The number of nitrogens with zero attached hydrogens (tertiary/aromatic N) is 2. The molecule has 22 heavy (non-hydrogen) atoms. The zero-order valence-corrected chi connectivity index (χ0v) is 13.7. The quantitative estimate of drug-likeness (QED) is 0.820. The molecule has 2 aromatic rings. The summed E-state index contributed by atoms with van der Waals surface area (Å²) in [4.78, 5) is 17.0. The van der Waals surface area contributed by atoms with Gasteiger partial charge >= 0.3 is 0 Å². The smallest absolute Gasteiger partial charge is 0.261 e. The van der Waals surface area contributed by atoms with Gasteiger partial charge in [0.2, 0.25) is 5.75 Å². The molecule has 120 valence electrons. The molecule has 0 aliphatic carbocycles. The normalized spacial score (nSPS) is 11.0. The summed E-state index contributed by atoms with van der Waals surface area (Å²) in [5.41, 5.74) is 0.371. The first-order chi connectivity index (χ1) is 10.5. The number of rotatable bonds is 6. The van der Waals surface area contributed by atoms with Crippen LogP contribution in [0, 0.1) is 5.92 Å². The Labute approximate surface area is 129 Å². The molecule has 0 radical (unpaired) electrons. The third kappa shape index (κ3) is 2.86. The van der Waals surface area contributed by atoms with Crippen LogP contribution in [0.4, 0.5) is 0 Å². The number of aromatic nitrogens is 2. The van der Waals surface area contributed by atoms with E-state index in [1.807, 2.05) is 0 Å². The van der Waals surface area contributed by atoms with Crippen molar-refractivity contribution in [2.45, 2.75) is 26.8 Å². The molecule has 1 heterocycles. The molecule has 0 aliphatic rings. The minimum atomic E-state index is -0.107. The van der Waals surface area contributed by atoms with Gasteiger partial charge in [-0.2, -0.15) is 0 Å². The lowest BCUT2D eigenvalue weighted by molar-refractivity contribution is 0.326. The van der Waals surface area contributed by atoms with E-state index in [4.69, 9.17) is 14.2 Å². The van der Waals surface area contributed by atoms with E-state index >= 15 is 0 Å². The molecule has 2 rings (SSSR count). The fourth-order valence-electron chi connectivity index (χ4n) is 2.32. The Morgan fingerprint density at radius 2 is 1.82 bits per heavy atom. The van der Waals surface area contributed by atoms with E-state index < -0.39 is 0 Å². The molecule has 0 N–H and O–H groups in total. The third-order valence-electron chi connectivity index (χ3n) is 3.57. The lowest BCUT2D eigenvalue weighted by atomic mass is 10.1. The molecule has 0 unspecified atom stereocenters. The summed E-state index contributed by atoms with van der Waals surface area (Å²) in [5, 5.41) is 0.459. The predicted octanol–water partition coefficient (Wildman–Crippen LogP) is 2.47. The average molecular weight is 306 g/mol. The zero-order valence-electron chi connectivity index (χ0n) is 13.7. The van der Waals surface area contributed by atoms with Gasteiger partial charge in [-0.05, 0) is 18.4 Å². The van der Waals surface area contributed by atoms with Gasteiger partial charge in [-0.15, -0.1) is 0 Å². The highest BCUT2D eigenvalue weighted by Crippen LogP contribution is 2.41. The van der Waals surface area contributed by atoms with Gasteiger partial charge in [0.05, 0.1) is 33.0 Å². The third-order valence-corrected chi connectivity index (χ3v) is 3.57. The van der Waals surface area contributed by atoms with Crippen LogP contribution >= 0.6 is 0 Å². The summed E-state index contributed by atoms with van der Waals surface area (Å²) in [5.74, 6) is 1.81. The number of benzene rings is 1. The van der Waals surface area contributed by atoms with E-state index in [1.165, 1.54) is 21.3 Å². The summed E-state index contributed by atoms with van der Waals surface area (Å²) in [6.07, 6.45) is 2.47. The first kappa shape index (κ1) is 16.1. The van der Waals surface area contributed by atoms with Crippen LogP contribution in [-0.4, -0.2) is 30.9 Å². The molecule has 1 aromatic heterocycles. The van der Waals surface area contributed by atoms with E-state index in [9.17, 15) is 4.79 Å². The molecule has 1 aromatic carbocycles. The van der Waals surface area contributed by atoms with Crippen LogP contribution < -0.4 is 19.8 Å². The Kier molecular flexibility index (Phi) is 4.90. The molecular formula is C16H22N2O4. The summed E-state index contributed by atoms with van der Waals surface area (Å²) in [7, 11) is 4.57. The summed E-state index contributed by atoms with van der Waals surface area (Å²) in [6.45, 7) is 4.88. The lowest BCUT2D eigenvalue weighted by Crippen LogP contribution is -2.21. The van der Waals surface area contributed by atoms with Crippen molar-refractivity contribution in [1.29, 1.82) is 0 Å². The second-order valence-electron chi connectivity index (χ2n) is 5.47. The molecule has 0 fully saturated rings. The van der Waals surface area contributed by atoms with Crippen molar-refractivity contribution in [3.8, 4) is 17.2 Å². The summed E-state index contributed by atoms with van der Waals surface area (Å²) >= 11 is 0. The van der Waals surface area contributed by atoms with Gasteiger partial charge in [0.15, 0.2) is 11.5 Å². The lowest BCUT2D eigenvalue weighted by Gasteiger charge is -2.15. The molecule has 0 saturated heterocycles. The number of ether oxygens (including phenoxy) is 3. The van der Waals surface area contributed by atoms with Crippen LogP contribution in [-0.2, 0) is 6.54 Å². The Morgan fingerprint density at radius 3 is 2.36 bits per heavy atom. The fraction of sp³-hybridized carbons (Fsp3) is 0.500. The Balaban J connectivity index is 2.66. The second-order valence-corrected chi connectivity index (χ2v) is 5.47. The van der Waals surface area contributed by atoms with E-state index in [0.717, 1.165) is 6.42 Å². The standard InChI is InChI=1S/C16H22N2O4/c1-10(2)6-7-18-9-17-13-11(16(18)19)8-12(20-3)14(21-4)15(13)22-5/h8-10H,6-7H2,1-5H3. The first-order valence-corrected chi connectivity index (χ1v) is 7.21. The Hall–Kier alpha value is -2.24. The van der Waals surface area contributed by atoms with Crippen LogP contribution in [0.2, 0.25) is 0 Å². The number of aryl methyl sites for hydroxylation is 1. The van der Waals surface area contributed by atoms with Crippen LogP contribution in [0.5, 0.6) is 17.2 Å². The zero-order chi connectivity index (χ0) is 16.3. The minimum Gasteiger partial charge on any atom is -0.493 e. The topological polar surface area (TPSA) is 62.6 Å². The molecule has 6 heteroatoms. The number of fused-ring (bicyclic) bond motifs is 1. The van der Waals surface area contributed by atoms with Crippen molar-refractivity contribution in [3.63, 3.8) is 0 Å². The largest absolute Gasteiger partial charge is 0.493 e. The van der Waals surface area contributed by atoms with Crippen molar-refractivity contribution >= 4 is 10.9 Å². The van der Waals surface area contributed by atoms with Crippen LogP contribution in [0.25, 0.3) is 10.9 Å². The van der Waals surface area contributed by atoms with Gasteiger partial charge < -0.3 is 14.2 Å². The highest BCUT2D eigenvalue weighted by molar-refractivity contribution is 5.89. The molecule has 0 aliphatic heterocycles. The average Bonchev–Trinajstić information content (AvgIpc) is 2.52. The van der Waals surface area contributed by atoms with E-state index in [-0.39, 0.29) is 5.56 Å². The molecule has 6 nitrogen and oxygen atoms in total. The van der Waals surface area contributed by atoms with Crippen molar-refractivity contribution in [1.82, 2.24) is 9.55 Å². The Morgan fingerprint density at radius 1 is 1.14 bits per heavy atom. The maximum atomic E-state index is 12.6.